The van der Waals surface area contributed by atoms with Crippen LogP contribution in [-0.2, 0) is 0 Å². The molecule has 0 spiro atoms. The van der Waals surface area contributed by atoms with Gasteiger partial charge in [0.2, 0.25) is 0 Å². The maximum atomic E-state index is 6.47. The van der Waals surface area contributed by atoms with E-state index in [1.165, 1.54) is 0 Å². The zero-order valence-corrected chi connectivity index (χ0v) is 20.1. The van der Waals surface area contributed by atoms with Gasteiger partial charge in [-0.15, -0.1) is 0 Å². The third-order valence-electron chi connectivity index (χ3n) is 5.56. The Morgan fingerprint density at radius 3 is 1.97 bits per heavy atom. The molecule has 0 N–H and O–H groups in total. The average molecular weight is 452 g/mol. The van der Waals surface area contributed by atoms with Crippen LogP contribution >= 0.6 is 0 Å². The number of hydrogen-bond donors (Lipinski definition) is 0. The fourth-order valence-corrected chi connectivity index (χ4v) is 3.91. The Morgan fingerprint density at radius 1 is 0.676 bits per heavy atom. The molecule has 0 radical (unpaired) electrons. The molecule has 0 saturated carbocycles. The maximum absolute atomic E-state index is 6.47. The Morgan fingerprint density at radius 2 is 1.32 bits per heavy atom. The van der Waals surface area contributed by atoms with Crippen molar-refractivity contribution in [1.29, 1.82) is 0 Å². The first kappa shape index (κ1) is 23.3. The van der Waals surface area contributed by atoms with Gasteiger partial charge in [-0.2, -0.15) is 0 Å². The molecule has 4 aromatic rings. The molecule has 1 heterocycles. The summed E-state index contributed by atoms with van der Waals surface area (Å²) in [4.78, 5) is 0. The van der Waals surface area contributed by atoms with Crippen molar-refractivity contribution in [3.63, 3.8) is 0 Å². The highest BCUT2D eigenvalue weighted by Crippen LogP contribution is 2.34. The summed E-state index contributed by atoms with van der Waals surface area (Å²) in [5.74, 6) is 3.22. The molecule has 0 atom stereocenters. The first-order valence-corrected chi connectivity index (χ1v) is 11.9. The summed E-state index contributed by atoms with van der Waals surface area (Å²) in [5.41, 5.74) is 5.50. The molecule has 0 unspecified atom stereocenters. The molecule has 0 saturated heterocycles. The van der Waals surface area contributed by atoms with Gasteiger partial charge in [0.05, 0.1) is 36.5 Å². The lowest BCUT2D eigenvalue weighted by Gasteiger charge is -2.11. The van der Waals surface area contributed by atoms with E-state index in [1.807, 2.05) is 50.2 Å². The number of allylic oxidation sites excluding steroid dienone is 1. The van der Waals surface area contributed by atoms with Gasteiger partial charge in [-0.1, -0.05) is 61.5 Å². The second-order valence-corrected chi connectivity index (χ2v) is 7.90. The summed E-state index contributed by atoms with van der Waals surface area (Å²) < 4.78 is 18.0. The predicted molar refractivity (Wildman–Crippen MR) is 141 cm³/mol. The van der Waals surface area contributed by atoms with E-state index in [0.29, 0.717) is 13.2 Å². The third-order valence-corrected chi connectivity index (χ3v) is 5.56. The first-order valence-electron chi connectivity index (χ1n) is 11.9. The molecule has 0 bridgehead atoms. The molecule has 3 heteroatoms. The summed E-state index contributed by atoms with van der Waals surface area (Å²) in [6.45, 7) is 7.29. The van der Waals surface area contributed by atoms with Gasteiger partial charge in [-0.25, -0.2) is 4.42 Å². The van der Waals surface area contributed by atoms with Gasteiger partial charge >= 0.3 is 11.5 Å². The van der Waals surface area contributed by atoms with E-state index >= 15 is 0 Å². The topological polar surface area (TPSA) is 29.8 Å². The van der Waals surface area contributed by atoms with E-state index in [2.05, 4.69) is 67.6 Å². The molecule has 0 fully saturated rings. The van der Waals surface area contributed by atoms with E-state index in [4.69, 9.17) is 13.9 Å². The molecule has 172 valence electrons. The van der Waals surface area contributed by atoms with Gasteiger partial charge in [-0.3, -0.25) is 0 Å². The number of ether oxygens (including phenoxy) is 2. The monoisotopic (exact) mass is 451 g/mol. The average Bonchev–Trinajstić information content (AvgIpc) is 2.89. The van der Waals surface area contributed by atoms with Crippen LogP contribution in [0, 0.1) is 0 Å². The van der Waals surface area contributed by atoms with Gasteiger partial charge in [0.1, 0.15) is 0 Å². The molecule has 0 aliphatic carbocycles. The van der Waals surface area contributed by atoms with Crippen LogP contribution < -0.4 is 9.47 Å². The molecule has 0 aliphatic rings. The lowest BCUT2D eigenvalue weighted by atomic mass is 10.00. The van der Waals surface area contributed by atoms with Crippen LogP contribution in [0.1, 0.15) is 38.5 Å². The van der Waals surface area contributed by atoms with Gasteiger partial charge in [0, 0.05) is 5.56 Å². The van der Waals surface area contributed by atoms with Crippen molar-refractivity contribution < 1.29 is 13.9 Å². The molecular formula is C31H31O3+. The molecule has 1 aromatic heterocycles. The van der Waals surface area contributed by atoms with Crippen molar-refractivity contribution in [3.05, 3.63) is 102 Å². The quantitative estimate of drug-likeness (QED) is 0.239. The van der Waals surface area contributed by atoms with Crippen molar-refractivity contribution in [3.8, 4) is 33.9 Å². The van der Waals surface area contributed by atoms with E-state index in [1.54, 1.807) is 0 Å². The van der Waals surface area contributed by atoms with E-state index in [9.17, 15) is 0 Å². The van der Waals surface area contributed by atoms with Crippen molar-refractivity contribution in [2.45, 2.75) is 27.2 Å². The Kier molecular flexibility index (Phi) is 7.77. The maximum Gasteiger partial charge on any atom is 0.361 e. The second kappa shape index (κ2) is 11.3. The summed E-state index contributed by atoms with van der Waals surface area (Å²) in [7, 11) is 0. The van der Waals surface area contributed by atoms with Gasteiger partial charge in [-0.05, 0) is 61.7 Å². The van der Waals surface area contributed by atoms with Crippen LogP contribution in [0.15, 0.2) is 95.4 Å². The van der Waals surface area contributed by atoms with Crippen molar-refractivity contribution in [2.75, 3.05) is 13.2 Å². The summed E-state index contributed by atoms with van der Waals surface area (Å²) in [5, 5.41) is 0. The number of benzene rings is 3. The van der Waals surface area contributed by atoms with Crippen LogP contribution in [0.4, 0.5) is 0 Å². The van der Waals surface area contributed by atoms with E-state index < -0.39 is 0 Å². The van der Waals surface area contributed by atoms with Gasteiger partial charge in [0.15, 0.2) is 11.5 Å². The van der Waals surface area contributed by atoms with E-state index in [0.717, 1.165) is 57.3 Å². The highest BCUT2D eigenvalue weighted by molar-refractivity contribution is 5.82. The molecule has 34 heavy (non-hydrogen) atoms. The fraction of sp³-hybridized carbons (Fsp3) is 0.194. The Hall–Kier alpha value is -3.85. The van der Waals surface area contributed by atoms with Crippen LogP contribution in [-0.4, -0.2) is 13.2 Å². The van der Waals surface area contributed by atoms with Crippen LogP contribution in [0.2, 0.25) is 0 Å². The van der Waals surface area contributed by atoms with Crippen molar-refractivity contribution in [2.24, 2.45) is 0 Å². The second-order valence-electron chi connectivity index (χ2n) is 7.90. The van der Waals surface area contributed by atoms with Crippen molar-refractivity contribution >= 4 is 11.6 Å². The SMILES string of the molecule is CCOc1ccc(C=C(CC)c2cc(-c3ccccc3)cc(-c3ccccc3)[o+]2)cc1OCC. The smallest absolute Gasteiger partial charge is 0.361 e. The third kappa shape index (κ3) is 5.55. The van der Waals surface area contributed by atoms with Crippen LogP contribution in [0.5, 0.6) is 11.5 Å². The van der Waals surface area contributed by atoms with E-state index in [-0.39, 0.29) is 0 Å². The molecule has 3 nitrogen and oxygen atoms in total. The lowest BCUT2D eigenvalue weighted by molar-refractivity contribution is 0.287. The normalized spacial score (nSPS) is 11.3. The number of hydrogen-bond acceptors (Lipinski definition) is 2. The van der Waals surface area contributed by atoms with Crippen LogP contribution in [0.3, 0.4) is 0 Å². The minimum Gasteiger partial charge on any atom is -0.490 e. The minimum absolute atomic E-state index is 0.586. The predicted octanol–water partition coefficient (Wildman–Crippen LogP) is 8.64. The summed E-state index contributed by atoms with van der Waals surface area (Å²) >= 11 is 0. The first-order chi connectivity index (χ1) is 16.7. The van der Waals surface area contributed by atoms with Crippen molar-refractivity contribution in [1.82, 2.24) is 0 Å². The Labute approximate surface area is 202 Å². The van der Waals surface area contributed by atoms with Gasteiger partial charge < -0.3 is 9.47 Å². The van der Waals surface area contributed by atoms with Gasteiger partial charge in [0.25, 0.3) is 0 Å². The standard InChI is InChI=1S/C31H31O3/c1-4-24(19-23-17-18-28(32-5-2)31(20-23)33-6-3)29-21-27(25-13-9-7-10-14-25)22-30(34-29)26-15-11-8-12-16-26/h7-22H,4-6H2,1-3H3/q+1. The highest BCUT2D eigenvalue weighted by Gasteiger charge is 2.21. The highest BCUT2D eigenvalue weighted by atomic mass is 16.5. The molecule has 0 aliphatic heterocycles. The Bertz CT molecular complexity index is 1190. The molecule has 0 amide bonds. The largest absolute Gasteiger partial charge is 0.490 e. The minimum atomic E-state index is 0.586. The summed E-state index contributed by atoms with van der Waals surface area (Å²) in [6, 6.07) is 31.0. The lowest BCUT2D eigenvalue weighted by Crippen LogP contribution is -1.98. The zero-order valence-electron chi connectivity index (χ0n) is 20.1. The summed E-state index contributed by atoms with van der Waals surface area (Å²) in [6.07, 6.45) is 2.99. The molecule has 4 rings (SSSR count). The number of rotatable bonds is 9. The molecule has 3 aromatic carbocycles. The van der Waals surface area contributed by atoms with Crippen LogP contribution in [0.25, 0.3) is 34.1 Å². The Balaban J connectivity index is 1.81. The zero-order chi connectivity index (χ0) is 23.8. The molecular weight excluding hydrogens is 420 g/mol. The fourth-order valence-electron chi connectivity index (χ4n) is 3.91.